The van der Waals surface area contributed by atoms with Gasteiger partial charge in [0.15, 0.2) is 11.5 Å². The molecule has 0 aliphatic carbocycles. The maximum absolute atomic E-state index is 11.6. The van der Waals surface area contributed by atoms with Gasteiger partial charge in [-0.3, -0.25) is 4.79 Å². The lowest BCUT2D eigenvalue weighted by molar-refractivity contribution is 0.172. The molecule has 0 saturated carbocycles. The predicted molar refractivity (Wildman–Crippen MR) is 63.5 cm³/mol. The first kappa shape index (κ1) is 10.2. The first-order valence-corrected chi connectivity index (χ1v) is 5.43. The summed E-state index contributed by atoms with van der Waals surface area (Å²) in [5.41, 5.74) is 6.64. The van der Waals surface area contributed by atoms with E-state index in [-0.39, 0.29) is 12.1 Å². The van der Waals surface area contributed by atoms with Crippen LogP contribution < -0.4 is 20.8 Å². The molecule has 5 nitrogen and oxygen atoms in total. The van der Waals surface area contributed by atoms with E-state index in [1.807, 2.05) is 6.07 Å². The number of nitrogens with one attached hydrogen (secondary N) is 1. The van der Waals surface area contributed by atoms with E-state index < -0.39 is 0 Å². The first-order valence-electron chi connectivity index (χ1n) is 5.43. The summed E-state index contributed by atoms with van der Waals surface area (Å²) in [5.74, 6) is 1.37. The van der Waals surface area contributed by atoms with Crippen molar-refractivity contribution in [2.75, 3.05) is 13.2 Å². The zero-order valence-corrected chi connectivity index (χ0v) is 9.16. The van der Waals surface area contributed by atoms with E-state index in [1.165, 1.54) is 0 Å². The van der Waals surface area contributed by atoms with Crippen LogP contribution in [0.5, 0.6) is 11.5 Å². The van der Waals surface area contributed by atoms with Crippen LogP contribution in [0.2, 0.25) is 0 Å². The molecule has 0 saturated heterocycles. The van der Waals surface area contributed by atoms with Crippen molar-refractivity contribution in [3.05, 3.63) is 34.1 Å². The Hall–Kier alpha value is -2.01. The fourth-order valence-corrected chi connectivity index (χ4v) is 1.94. The summed E-state index contributed by atoms with van der Waals surface area (Å²) in [6.07, 6.45) is 0. The lowest BCUT2D eigenvalue weighted by atomic mass is 10.1. The van der Waals surface area contributed by atoms with Crippen LogP contribution in [-0.2, 0) is 6.54 Å². The molecule has 0 bridgehead atoms. The maximum atomic E-state index is 11.6. The minimum absolute atomic E-state index is 0.156. The zero-order valence-electron chi connectivity index (χ0n) is 9.16. The highest BCUT2D eigenvalue weighted by Gasteiger charge is 2.13. The maximum Gasteiger partial charge on any atom is 0.252 e. The number of nitrogens with two attached hydrogens (primary N) is 1. The average Bonchev–Trinajstić information content (AvgIpc) is 2.35. The Balaban J connectivity index is 2.26. The zero-order chi connectivity index (χ0) is 11.8. The van der Waals surface area contributed by atoms with Crippen molar-refractivity contribution in [3.8, 4) is 11.5 Å². The van der Waals surface area contributed by atoms with Gasteiger partial charge in [0.05, 0.1) is 5.52 Å². The molecule has 0 radical (unpaired) electrons. The molecule has 88 valence electrons. The van der Waals surface area contributed by atoms with Crippen LogP contribution in [0.4, 0.5) is 0 Å². The number of aromatic amines is 1. The molecule has 0 spiro atoms. The lowest BCUT2D eigenvalue weighted by Crippen LogP contribution is -2.17. The van der Waals surface area contributed by atoms with E-state index in [2.05, 4.69) is 4.98 Å². The highest BCUT2D eigenvalue weighted by Crippen LogP contribution is 2.33. The second kappa shape index (κ2) is 3.78. The highest BCUT2D eigenvalue weighted by molar-refractivity contribution is 5.83. The number of rotatable bonds is 1. The van der Waals surface area contributed by atoms with Crippen LogP contribution in [0.1, 0.15) is 5.56 Å². The lowest BCUT2D eigenvalue weighted by Gasteiger charge is -2.18. The fraction of sp³-hybridized carbons (Fsp3) is 0.250. The molecule has 0 fully saturated rings. The van der Waals surface area contributed by atoms with Gasteiger partial charge >= 0.3 is 0 Å². The average molecular weight is 232 g/mol. The second-order valence-electron chi connectivity index (χ2n) is 3.91. The molecule has 0 unspecified atom stereocenters. The van der Waals surface area contributed by atoms with Gasteiger partial charge in [0, 0.05) is 23.6 Å². The van der Waals surface area contributed by atoms with Crippen molar-refractivity contribution in [3.63, 3.8) is 0 Å². The smallest absolute Gasteiger partial charge is 0.252 e. The summed E-state index contributed by atoms with van der Waals surface area (Å²) >= 11 is 0. The Kier molecular flexibility index (Phi) is 2.26. The van der Waals surface area contributed by atoms with Crippen LogP contribution in [-0.4, -0.2) is 18.2 Å². The van der Waals surface area contributed by atoms with Gasteiger partial charge in [-0.25, -0.2) is 0 Å². The molecule has 0 atom stereocenters. The molecule has 3 N–H and O–H groups in total. The number of hydrogen-bond acceptors (Lipinski definition) is 4. The first-order chi connectivity index (χ1) is 8.28. The van der Waals surface area contributed by atoms with Crippen LogP contribution >= 0.6 is 0 Å². The van der Waals surface area contributed by atoms with Crippen molar-refractivity contribution < 1.29 is 9.47 Å². The quantitative estimate of drug-likeness (QED) is 0.760. The van der Waals surface area contributed by atoms with Gasteiger partial charge in [-0.15, -0.1) is 0 Å². The molecule has 1 aromatic carbocycles. The Morgan fingerprint density at radius 2 is 1.88 bits per heavy atom. The van der Waals surface area contributed by atoms with E-state index in [0.29, 0.717) is 30.3 Å². The van der Waals surface area contributed by atoms with E-state index in [9.17, 15) is 4.79 Å². The second-order valence-corrected chi connectivity index (χ2v) is 3.91. The van der Waals surface area contributed by atoms with E-state index >= 15 is 0 Å². The Morgan fingerprint density at radius 3 is 2.59 bits per heavy atom. The molecule has 1 aliphatic rings. The third-order valence-electron chi connectivity index (χ3n) is 2.80. The van der Waals surface area contributed by atoms with Gasteiger partial charge in [-0.2, -0.15) is 0 Å². The molecule has 1 aromatic heterocycles. The third-order valence-corrected chi connectivity index (χ3v) is 2.80. The third kappa shape index (κ3) is 1.64. The van der Waals surface area contributed by atoms with E-state index in [1.54, 1.807) is 12.1 Å². The van der Waals surface area contributed by atoms with Crippen molar-refractivity contribution in [1.82, 2.24) is 4.98 Å². The number of aromatic nitrogens is 1. The van der Waals surface area contributed by atoms with Crippen LogP contribution in [0, 0.1) is 0 Å². The molecule has 2 heterocycles. The molecule has 17 heavy (non-hydrogen) atoms. The Labute approximate surface area is 97.2 Å². The highest BCUT2D eigenvalue weighted by atomic mass is 16.6. The van der Waals surface area contributed by atoms with Gasteiger partial charge < -0.3 is 20.2 Å². The molecular formula is C12H12N2O3. The van der Waals surface area contributed by atoms with Crippen LogP contribution in [0.25, 0.3) is 10.9 Å². The number of ether oxygens (including phenoxy) is 2. The summed E-state index contributed by atoms with van der Waals surface area (Å²) in [4.78, 5) is 14.4. The van der Waals surface area contributed by atoms with Gasteiger partial charge in [0.25, 0.3) is 5.56 Å². The summed E-state index contributed by atoms with van der Waals surface area (Å²) in [5, 5.41) is 0.898. The molecule has 0 amide bonds. The van der Waals surface area contributed by atoms with E-state index in [0.717, 1.165) is 10.9 Å². The summed E-state index contributed by atoms with van der Waals surface area (Å²) in [7, 11) is 0. The topological polar surface area (TPSA) is 77.3 Å². The predicted octanol–water partition coefficient (Wildman–Crippen LogP) is 0.758. The number of H-pyrrole nitrogens is 1. The van der Waals surface area contributed by atoms with Crippen molar-refractivity contribution in [2.24, 2.45) is 5.73 Å². The summed E-state index contributed by atoms with van der Waals surface area (Å²) in [6, 6.07) is 5.43. The summed E-state index contributed by atoms with van der Waals surface area (Å²) in [6.45, 7) is 1.30. The van der Waals surface area contributed by atoms with Crippen LogP contribution in [0.15, 0.2) is 23.0 Å². The van der Waals surface area contributed by atoms with Crippen LogP contribution in [0.3, 0.4) is 0 Å². The number of benzene rings is 1. The molecule has 3 rings (SSSR count). The monoisotopic (exact) mass is 232 g/mol. The molecular weight excluding hydrogens is 220 g/mol. The molecule has 2 aromatic rings. The van der Waals surface area contributed by atoms with Crippen molar-refractivity contribution in [2.45, 2.75) is 6.54 Å². The van der Waals surface area contributed by atoms with Crippen molar-refractivity contribution in [1.29, 1.82) is 0 Å². The largest absolute Gasteiger partial charge is 0.486 e. The molecule has 5 heteroatoms. The number of pyridine rings is 1. The number of fused-ring (bicyclic) bond motifs is 2. The van der Waals surface area contributed by atoms with Gasteiger partial charge in [0.1, 0.15) is 13.2 Å². The van der Waals surface area contributed by atoms with Gasteiger partial charge in [-0.1, -0.05) is 0 Å². The van der Waals surface area contributed by atoms with Crippen molar-refractivity contribution >= 4 is 10.9 Å². The standard InChI is InChI=1S/C12H12N2O3/c13-6-8-3-7-4-10-11(17-2-1-16-10)5-9(7)14-12(8)15/h3-5H,1-2,6,13H2,(H,14,15). The fourth-order valence-electron chi connectivity index (χ4n) is 1.94. The normalized spacial score (nSPS) is 13.9. The Bertz CT molecular complexity index is 633. The van der Waals surface area contributed by atoms with Gasteiger partial charge in [-0.05, 0) is 12.1 Å². The SMILES string of the molecule is NCc1cc2cc3c(cc2[nH]c1=O)OCCO3. The Morgan fingerprint density at radius 1 is 1.18 bits per heavy atom. The molecule has 1 aliphatic heterocycles. The summed E-state index contributed by atoms with van der Waals surface area (Å²) < 4.78 is 10.9. The number of hydrogen-bond donors (Lipinski definition) is 2. The van der Waals surface area contributed by atoms with Gasteiger partial charge in [0.2, 0.25) is 0 Å². The van der Waals surface area contributed by atoms with E-state index in [4.69, 9.17) is 15.2 Å². The minimum Gasteiger partial charge on any atom is -0.486 e. The minimum atomic E-state index is -0.156.